The third-order valence-corrected chi connectivity index (χ3v) is 3.84. The summed E-state index contributed by atoms with van der Waals surface area (Å²) >= 11 is 7.54. The van der Waals surface area contributed by atoms with Crippen molar-refractivity contribution in [3.05, 3.63) is 58.9 Å². The first-order chi connectivity index (χ1) is 9.22. The monoisotopic (exact) mass is 287 g/mol. The van der Waals surface area contributed by atoms with Crippen LogP contribution in [-0.4, -0.2) is 10.1 Å². The Morgan fingerprint density at radius 2 is 1.79 bits per heavy atom. The molecule has 0 bridgehead atoms. The van der Waals surface area contributed by atoms with E-state index in [0.29, 0.717) is 5.02 Å². The number of rotatable bonds is 2. The topological polar surface area (TPSA) is 33.1 Å². The molecule has 0 aliphatic carbocycles. The minimum absolute atomic E-state index is 0.245. The molecule has 94 valence electrons. The number of aromatic hydroxyl groups is 1. The maximum absolute atomic E-state index is 9.49. The van der Waals surface area contributed by atoms with Crippen molar-refractivity contribution in [3.63, 3.8) is 0 Å². The van der Waals surface area contributed by atoms with Crippen LogP contribution in [0.1, 0.15) is 0 Å². The van der Waals surface area contributed by atoms with E-state index < -0.39 is 0 Å². The standard InChI is InChI=1S/C15H10ClNOS/c16-12-5-1-4-11(7-12)15-17-14(9-19-15)10-3-2-6-13(18)8-10/h1-9,18H. The lowest BCUT2D eigenvalue weighted by Crippen LogP contribution is -1.79. The van der Waals surface area contributed by atoms with Crippen molar-refractivity contribution in [1.29, 1.82) is 0 Å². The zero-order valence-corrected chi connectivity index (χ0v) is 11.4. The van der Waals surface area contributed by atoms with Gasteiger partial charge in [-0.1, -0.05) is 35.9 Å². The van der Waals surface area contributed by atoms with Crippen molar-refractivity contribution in [2.24, 2.45) is 0 Å². The van der Waals surface area contributed by atoms with E-state index in [-0.39, 0.29) is 5.75 Å². The molecule has 0 unspecified atom stereocenters. The number of nitrogens with zero attached hydrogens (tertiary/aromatic N) is 1. The van der Waals surface area contributed by atoms with Gasteiger partial charge in [0.25, 0.3) is 0 Å². The second-order valence-electron chi connectivity index (χ2n) is 4.10. The van der Waals surface area contributed by atoms with Gasteiger partial charge in [-0.25, -0.2) is 4.98 Å². The Bertz CT molecular complexity index is 663. The minimum Gasteiger partial charge on any atom is -0.508 e. The molecule has 3 rings (SSSR count). The molecule has 0 aliphatic heterocycles. The normalized spacial score (nSPS) is 10.6. The van der Waals surface area contributed by atoms with Gasteiger partial charge in [0.05, 0.1) is 5.69 Å². The molecule has 2 nitrogen and oxygen atoms in total. The fourth-order valence-corrected chi connectivity index (χ4v) is 2.84. The molecular formula is C15H10ClNOS. The molecule has 0 radical (unpaired) electrons. The summed E-state index contributed by atoms with van der Waals surface area (Å²) in [6.45, 7) is 0. The number of phenolic OH excluding ortho intramolecular Hbond substituents is 1. The molecule has 0 atom stereocenters. The maximum atomic E-state index is 9.49. The van der Waals surface area contributed by atoms with Gasteiger partial charge in [0, 0.05) is 21.5 Å². The van der Waals surface area contributed by atoms with E-state index >= 15 is 0 Å². The van der Waals surface area contributed by atoms with E-state index in [9.17, 15) is 5.11 Å². The van der Waals surface area contributed by atoms with Gasteiger partial charge in [-0.05, 0) is 24.3 Å². The van der Waals surface area contributed by atoms with Crippen molar-refractivity contribution >= 4 is 22.9 Å². The summed E-state index contributed by atoms with van der Waals surface area (Å²) < 4.78 is 0. The third kappa shape index (κ3) is 2.62. The van der Waals surface area contributed by atoms with Crippen molar-refractivity contribution in [1.82, 2.24) is 4.98 Å². The molecule has 1 N–H and O–H groups in total. The fraction of sp³-hybridized carbons (Fsp3) is 0. The summed E-state index contributed by atoms with van der Waals surface area (Å²) in [4.78, 5) is 4.58. The fourth-order valence-electron chi connectivity index (χ4n) is 1.83. The Hall–Kier alpha value is -1.84. The maximum Gasteiger partial charge on any atom is 0.124 e. The second-order valence-corrected chi connectivity index (χ2v) is 5.39. The number of hydrogen-bond acceptors (Lipinski definition) is 3. The van der Waals surface area contributed by atoms with Crippen LogP contribution in [0.2, 0.25) is 5.02 Å². The molecule has 4 heteroatoms. The van der Waals surface area contributed by atoms with Crippen LogP contribution >= 0.6 is 22.9 Å². The van der Waals surface area contributed by atoms with Gasteiger partial charge in [0.1, 0.15) is 10.8 Å². The smallest absolute Gasteiger partial charge is 0.124 e. The number of hydrogen-bond donors (Lipinski definition) is 1. The van der Waals surface area contributed by atoms with Crippen LogP contribution in [0.25, 0.3) is 21.8 Å². The lowest BCUT2D eigenvalue weighted by atomic mass is 10.1. The largest absolute Gasteiger partial charge is 0.508 e. The molecular weight excluding hydrogens is 278 g/mol. The van der Waals surface area contributed by atoms with Crippen LogP contribution in [0, 0.1) is 0 Å². The van der Waals surface area contributed by atoms with E-state index in [1.807, 2.05) is 41.8 Å². The van der Waals surface area contributed by atoms with Gasteiger partial charge >= 0.3 is 0 Å². The predicted octanol–water partition coefficient (Wildman–Crippen LogP) is 4.84. The summed E-state index contributed by atoms with van der Waals surface area (Å²) in [6.07, 6.45) is 0. The number of halogens is 1. The Kier molecular flexibility index (Phi) is 3.23. The highest BCUT2D eigenvalue weighted by atomic mass is 35.5. The minimum atomic E-state index is 0.245. The summed E-state index contributed by atoms with van der Waals surface area (Å²) in [6, 6.07) is 14.7. The first-order valence-corrected chi connectivity index (χ1v) is 6.99. The molecule has 2 aromatic carbocycles. The quantitative estimate of drug-likeness (QED) is 0.732. The van der Waals surface area contributed by atoms with Gasteiger partial charge in [-0.3, -0.25) is 0 Å². The van der Waals surface area contributed by atoms with Gasteiger partial charge < -0.3 is 5.11 Å². The van der Waals surface area contributed by atoms with Gasteiger partial charge in [0.2, 0.25) is 0 Å². The van der Waals surface area contributed by atoms with Gasteiger partial charge in [0.15, 0.2) is 0 Å². The highest BCUT2D eigenvalue weighted by Gasteiger charge is 2.07. The lowest BCUT2D eigenvalue weighted by molar-refractivity contribution is 0.475. The summed E-state index contributed by atoms with van der Waals surface area (Å²) in [5, 5.41) is 13.1. The highest BCUT2D eigenvalue weighted by Crippen LogP contribution is 2.31. The third-order valence-electron chi connectivity index (χ3n) is 2.72. The average Bonchev–Trinajstić information content (AvgIpc) is 2.88. The summed E-state index contributed by atoms with van der Waals surface area (Å²) in [7, 11) is 0. The highest BCUT2D eigenvalue weighted by molar-refractivity contribution is 7.13. The number of phenols is 1. The molecule has 0 saturated heterocycles. The van der Waals surface area contributed by atoms with Crippen LogP contribution in [0.3, 0.4) is 0 Å². The molecule has 0 fully saturated rings. The van der Waals surface area contributed by atoms with Gasteiger partial charge in [-0.15, -0.1) is 11.3 Å². The van der Waals surface area contributed by atoms with Crippen LogP contribution in [0.15, 0.2) is 53.9 Å². The zero-order chi connectivity index (χ0) is 13.2. The van der Waals surface area contributed by atoms with Crippen LogP contribution in [0.4, 0.5) is 0 Å². The molecule has 19 heavy (non-hydrogen) atoms. The van der Waals surface area contributed by atoms with Crippen molar-refractivity contribution in [3.8, 4) is 27.6 Å². The number of benzene rings is 2. The van der Waals surface area contributed by atoms with E-state index in [1.54, 1.807) is 23.5 Å². The Morgan fingerprint density at radius 3 is 2.58 bits per heavy atom. The van der Waals surface area contributed by atoms with Crippen molar-refractivity contribution in [2.75, 3.05) is 0 Å². The van der Waals surface area contributed by atoms with E-state index in [4.69, 9.17) is 11.6 Å². The van der Waals surface area contributed by atoms with Crippen LogP contribution in [0.5, 0.6) is 5.75 Å². The Labute approximate surface area is 120 Å². The molecule has 1 aromatic heterocycles. The van der Waals surface area contributed by atoms with E-state index in [2.05, 4.69) is 4.98 Å². The molecule has 1 heterocycles. The van der Waals surface area contributed by atoms with E-state index in [0.717, 1.165) is 21.8 Å². The first kappa shape index (κ1) is 12.2. The molecule has 0 spiro atoms. The molecule has 0 amide bonds. The Balaban J connectivity index is 2.00. The molecule has 3 aromatic rings. The molecule has 0 saturated carbocycles. The predicted molar refractivity (Wildman–Crippen MR) is 79.7 cm³/mol. The summed E-state index contributed by atoms with van der Waals surface area (Å²) in [5.74, 6) is 0.245. The lowest BCUT2D eigenvalue weighted by Gasteiger charge is -1.98. The van der Waals surface area contributed by atoms with Crippen LogP contribution in [-0.2, 0) is 0 Å². The Morgan fingerprint density at radius 1 is 1.00 bits per heavy atom. The summed E-state index contributed by atoms with van der Waals surface area (Å²) in [5.41, 5.74) is 2.77. The average molecular weight is 288 g/mol. The molecule has 0 aliphatic rings. The first-order valence-electron chi connectivity index (χ1n) is 5.73. The van der Waals surface area contributed by atoms with Crippen LogP contribution < -0.4 is 0 Å². The van der Waals surface area contributed by atoms with Gasteiger partial charge in [-0.2, -0.15) is 0 Å². The SMILES string of the molecule is Oc1cccc(-c2csc(-c3cccc(Cl)c3)n2)c1. The van der Waals surface area contributed by atoms with E-state index in [1.165, 1.54) is 0 Å². The number of aromatic nitrogens is 1. The number of thiazole rings is 1. The van der Waals surface area contributed by atoms with Crippen molar-refractivity contribution < 1.29 is 5.11 Å². The van der Waals surface area contributed by atoms with Crippen molar-refractivity contribution in [2.45, 2.75) is 0 Å². The zero-order valence-electron chi connectivity index (χ0n) is 9.88. The second kappa shape index (κ2) is 5.03.